The summed E-state index contributed by atoms with van der Waals surface area (Å²) >= 11 is 0. The zero-order valence-electron chi connectivity index (χ0n) is 11.0. The van der Waals surface area contributed by atoms with E-state index in [1.165, 1.54) is 0 Å². The van der Waals surface area contributed by atoms with Gasteiger partial charge in [-0.1, -0.05) is 0 Å². The molecule has 0 saturated carbocycles. The van der Waals surface area contributed by atoms with E-state index in [1.807, 2.05) is 4.90 Å². The minimum atomic E-state index is -0.0532. The fraction of sp³-hybridized carbons (Fsp3) is 0.727. The van der Waals surface area contributed by atoms with Gasteiger partial charge >= 0.3 is 0 Å². The van der Waals surface area contributed by atoms with E-state index in [4.69, 9.17) is 0 Å². The van der Waals surface area contributed by atoms with Crippen molar-refractivity contribution in [3.05, 3.63) is 0 Å². The maximum absolute atomic E-state index is 11.1. The van der Waals surface area contributed by atoms with Gasteiger partial charge in [-0.05, 0) is 7.05 Å². The summed E-state index contributed by atoms with van der Waals surface area (Å²) in [6.07, 6.45) is 0.950. The van der Waals surface area contributed by atoms with Crippen LogP contribution in [0.1, 0.15) is 6.42 Å². The highest BCUT2D eigenvalue weighted by molar-refractivity contribution is 5.89. The molecule has 1 aliphatic heterocycles. The lowest BCUT2D eigenvalue weighted by Gasteiger charge is -2.33. The normalized spacial score (nSPS) is 17.4. The Bertz CT molecular complexity index is 311. The summed E-state index contributed by atoms with van der Waals surface area (Å²) < 4.78 is 0. The number of nitrogens with zero attached hydrogens (tertiary/aromatic N) is 3. The van der Waals surface area contributed by atoms with Crippen molar-refractivity contribution < 1.29 is 9.59 Å². The Morgan fingerprint density at radius 3 is 2.56 bits per heavy atom. The molecule has 1 rings (SSSR count). The molecule has 2 amide bonds. The first kappa shape index (κ1) is 14.4. The third-order valence-corrected chi connectivity index (χ3v) is 2.87. The van der Waals surface area contributed by atoms with Crippen LogP contribution >= 0.6 is 0 Å². The van der Waals surface area contributed by atoms with Crippen LogP contribution in [0.4, 0.5) is 0 Å². The SMILES string of the molecule is CNC(=O)CCN=C(NC=O)N1CCN(C)CC1. The Morgan fingerprint density at radius 1 is 1.33 bits per heavy atom. The summed E-state index contributed by atoms with van der Waals surface area (Å²) in [6.45, 7) is 3.92. The van der Waals surface area contributed by atoms with Crippen molar-refractivity contribution in [3.63, 3.8) is 0 Å². The van der Waals surface area contributed by atoms with Crippen LogP contribution in [-0.4, -0.2) is 74.9 Å². The number of rotatable bonds is 4. The van der Waals surface area contributed by atoms with Crippen LogP contribution in [0.2, 0.25) is 0 Å². The van der Waals surface area contributed by atoms with Gasteiger partial charge in [-0.15, -0.1) is 0 Å². The first-order valence-electron chi connectivity index (χ1n) is 6.06. The fourth-order valence-electron chi connectivity index (χ4n) is 1.70. The molecule has 1 saturated heterocycles. The monoisotopic (exact) mass is 255 g/mol. The van der Waals surface area contributed by atoms with Crippen molar-refractivity contribution in [3.8, 4) is 0 Å². The van der Waals surface area contributed by atoms with E-state index in [1.54, 1.807) is 7.05 Å². The van der Waals surface area contributed by atoms with Gasteiger partial charge in [0.25, 0.3) is 0 Å². The Hall–Kier alpha value is -1.63. The Balaban J connectivity index is 2.50. The first-order valence-corrected chi connectivity index (χ1v) is 6.06. The standard InChI is InChI=1S/C11H21N5O2/c1-12-10(18)3-4-13-11(14-9-17)16-7-5-15(2)6-8-16/h9H,3-8H2,1-2H3,(H,12,18)(H,13,14,17). The minimum Gasteiger partial charge on any atom is -0.359 e. The predicted octanol–water partition coefficient (Wildman–Crippen LogP) is -1.53. The molecule has 0 aromatic rings. The van der Waals surface area contributed by atoms with E-state index in [2.05, 4.69) is 27.6 Å². The zero-order chi connectivity index (χ0) is 13.4. The number of nitrogens with one attached hydrogen (secondary N) is 2. The van der Waals surface area contributed by atoms with Gasteiger partial charge in [0.1, 0.15) is 0 Å². The maximum Gasteiger partial charge on any atom is 0.221 e. The van der Waals surface area contributed by atoms with Gasteiger partial charge in [-0.3, -0.25) is 19.9 Å². The second-order valence-corrected chi connectivity index (χ2v) is 4.18. The van der Waals surface area contributed by atoms with Gasteiger partial charge in [-0.25, -0.2) is 0 Å². The van der Waals surface area contributed by atoms with Crippen molar-refractivity contribution >= 4 is 18.3 Å². The number of carbonyl (C=O) groups excluding carboxylic acids is 2. The first-order chi connectivity index (χ1) is 8.67. The smallest absolute Gasteiger partial charge is 0.221 e. The number of hydrogen-bond donors (Lipinski definition) is 2. The van der Waals surface area contributed by atoms with Crippen LogP contribution in [-0.2, 0) is 9.59 Å². The Morgan fingerprint density at radius 2 is 2.00 bits per heavy atom. The van der Waals surface area contributed by atoms with Crippen molar-refractivity contribution in [1.29, 1.82) is 0 Å². The molecule has 0 bridgehead atoms. The molecular formula is C11H21N5O2. The second-order valence-electron chi connectivity index (χ2n) is 4.18. The number of hydrogen-bond acceptors (Lipinski definition) is 4. The van der Waals surface area contributed by atoms with Crippen molar-refractivity contribution in [2.75, 3.05) is 46.8 Å². The second kappa shape index (κ2) is 7.65. The number of likely N-dealkylation sites (N-methyl/N-ethyl adjacent to an activating group) is 1. The van der Waals surface area contributed by atoms with Crippen LogP contribution in [0.5, 0.6) is 0 Å². The van der Waals surface area contributed by atoms with Crippen molar-refractivity contribution in [2.24, 2.45) is 4.99 Å². The highest BCUT2D eigenvalue weighted by Crippen LogP contribution is 1.99. The van der Waals surface area contributed by atoms with E-state index < -0.39 is 0 Å². The molecule has 0 radical (unpaired) electrons. The van der Waals surface area contributed by atoms with Crippen LogP contribution in [0.15, 0.2) is 4.99 Å². The summed E-state index contributed by atoms with van der Waals surface area (Å²) in [5, 5.41) is 5.14. The van der Waals surface area contributed by atoms with Crippen LogP contribution in [0.3, 0.4) is 0 Å². The molecule has 0 aromatic carbocycles. The molecule has 18 heavy (non-hydrogen) atoms. The summed E-state index contributed by atoms with van der Waals surface area (Å²) in [4.78, 5) is 30.2. The Labute approximate surface area is 107 Å². The van der Waals surface area contributed by atoms with E-state index in [0.717, 1.165) is 26.2 Å². The number of amides is 2. The molecule has 7 nitrogen and oxygen atoms in total. The molecule has 7 heteroatoms. The molecule has 0 atom stereocenters. The maximum atomic E-state index is 11.1. The number of guanidine groups is 1. The fourth-order valence-corrected chi connectivity index (χ4v) is 1.70. The summed E-state index contributed by atoms with van der Waals surface area (Å²) in [7, 11) is 3.66. The molecule has 102 valence electrons. The third-order valence-electron chi connectivity index (χ3n) is 2.87. The lowest BCUT2D eigenvalue weighted by atomic mass is 10.3. The molecule has 0 aliphatic carbocycles. The summed E-state index contributed by atoms with van der Waals surface area (Å²) in [6, 6.07) is 0. The predicted molar refractivity (Wildman–Crippen MR) is 69.3 cm³/mol. The minimum absolute atomic E-state index is 0.0532. The topological polar surface area (TPSA) is 77.0 Å². The van der Waals surface area contributed by atoms with Crippen molar-refractivity contribution in [1.82, 2.24) is 20.4 Å². The average Bonchev–Trinajstić information content (AvgIpc) is 2.38. The summed E-state index contributed by atoms with van der Waals surface area (Å²) in [5.74, 6) is 0.504. The lowest BCUT2D eigenvalue weighted by molar-refractivity contribution is -0.120. The van der Waals surface area contributed by atoms with Crippen LogP contribution < -0.4 is 10.6 Å². The molecule has 1 fully saturated rings. The molecule has 0 spiro atoms. The third kappa shape index (κ3) is 4.70. The van der Waals surface area contributed by atoms with Gasteiger partial charge < -0.3 is 15.1 Å². The molecule has 0 aromatic heterocycles. The summed E-state index contributed by atoms with van der Waals surface area (Å²) in [5.41, 5.74) is 0. The quantitative estimate of drug-likeness (QED) is 0.363. The van der Waals surface area contributed by atoms with Gasteiger partial charge in [0.05, 0.1) is 6.54 Å². The van der Waals surface area contributed by atoms with Crippen molar-refractivity contribution in [2.45, 2.75) is 6.42 Å². The highest BCUT2D eigenvalue weighted by Gasteiger charge is 2.17. The molecule has 1 aliphatic rings. The van der Waals surface area contributed by atoms with E-state index in [-0.39, 0.29) is 5.91 Å². The largest absolute Gasteiger partial charge is 0.359 e. The van der Waals surface area contributed by atoms with Crippen LogP contribution in [0, 0.1) is 0 Å². The number of aliphatic imine (C=N–C) groups is 1. The van der Waals surface area contributed by atoms with Gasteiger partial charge in [0, 0.05) is 39.6 Å². The molecule has 0 unspecified atom stereocenters. The van der Waals surface area contributed by atoms with Gasteiger partial charge in [0.2, 0.25) is 18.3 Å². The molecule has 1 heterocycles. The lowest BCUT2D eigenvalue weighted by Crippen LogP contribution is -2.51. The number of piperazine rings is 1. The van der Waals surface area contributed by atoms with E-state index >= 15 is 0 Å². The highest BCUT2D eigenvalue weighted by atomic mass is 16.1. The molecular weight excluding hydrogens is 234 g/mol. The van der Waals surface area contributed by atoms with Gasteiger partial charge in [-0.2, -0.15) is 0 Å². The number of carbonyl (C=O) groups is 2. The van der Waals surface area contributed by atoms with Gasteiger partial charge in [0.15, 0.2) is 0 Å². The zero-order valence-corrected chi connectivity index (χ0v) is 11.0. The van der Waals surface area contributed by atoms with Crippen LogP contribution in [0.25, 0.3) is 0 Å². The molecule has 2 N–H and O–H groups in total. The average molecular weight is 255 g/mol. The Kier molecular flexibility index (Phi) is 6.13. The van der Waals surface area contributed by atoms with E-state index in [9.17, 15) is 9.59 Å². The van der Waals surface area contributed by atoms with E-state index in [0.29, 0.717) is 25.3 Å².